The Morgan fingerprint density at radius 1 is 1.20 bits per heavy atom. The minimum Gasteiger partial charge on any atom is -0.612 e. The van der Waals surface area contributed by atoms with Crippen LogP contribution in [0.2, 0.25) is 0 Å². The molecule has 1 unspecified atom stereocenters. The molecular formula is C23H22FN3O2S. The summed E-state index contributed by atoms with van der Waals surface area (Å²) < 4.78 is 26.2. The number of nitrogens with zero attached hydrogens (tertiary/aromatic N) is 2. The third kappa shape index (κ3) is 4.23. The van der Waals surface area contributed by atoms with Crippen molar-refractivity contribution in [1.82, 2.24) is 9.88 Å². The molecule has 1 aliphatic rings. The van der Waals surface area contributed by atoms with Crippen LogP contribution in [0.15, 0.2) is 59.5 Å². The SMILES string of the molecule is C[S+]([O-])c1cccc(CN2CCc3c(-c4ccccc4F)cc(C(N)=O)nc3C2)c1. The summed E-state index contributed by atoms with van der Waals surface area (Å²) in [6.07, 6.45) is 2.35. The molecule has 0 fully saturated rings. The summed E-state index contributed by atoms with van der Waals surface area (Å²) in [7, 11) is 0. The average Bonchev–Trinajstić information content (AvgIpc) is 2.73. The molecule has 2 heterocycles. The second-order valence-electron chi connectivity index (χ2n) is 7.39. The highest BCUT2D eigenvalue weighted by Crippen LogP contribution is 2.32. The second-order valence-corrected chi connectivity index (χ2v) is 8.77. The maximum atomic E-state index is 14.5. The first-order chi connectivity index (χ1) is 14.4. The molecule has 0 aliphatic carbocycles. The minimum atomic E-state index is -1.03. The third-order valence-corrected chi connectivity index (χ3v) is 6.23. The molecule has 5 nitrogen and oxygen atoms in total. The van der Waals surface area contributed by atoms with E-state index in [0.717, 1.165) is 28.3 Å². The van der Waals surface area contributed by atoms with Crippen LogP contribution in [0.1, 0.15) is 27.3 Å². The van der Waals surface area contributed by atoms with Crippen LogP contribution >= 0.6 is 0 Å². The van der Waals surface area contributed by atoms with Gasteiger partial charge in [-0.15, -0.1) is 0 Å². The molecule has 2 aromatic carbocycles. The Bertz CT molecular complexity index is 1100. The topological polar surface area (TPSA) is 82.3 Å². The Hall–Kier alpha value is -2.74. The average molecular weight is 424 g/mol. The van der Waals surface area contributed by atoms with Crippen LogP contribution in [0.4, 0.5) is 4.39 Å². The third-order valence-electron chi connectivity index (χ3n) is 5.31. The molecule has 7 heteroatoms. The molecule has 30 heavy (non-hydrogen) atoms. The van der Waals surface area contributed by atoms with Gasteiger partial charge in [0, 0.05) is 25.2 Å². The van der Waals surface area contributed by atoms with Gasteiger partial charge in [0.25, 0.3) is 5.91 Å². The van der Waals surface area contributed by atoms with E-state index >= 15 is 0 Å². The Morgan fingerprint density at radius 2 is 2.00 bits per heavy atom. The molecule has 1 amide bonds. The molecule has 0 bridgehead atoms. The van der Waals surface area contributed by atoms with Gasteiger partial charge in [0.1, 0.15) is 17.8 Å². The van der Waals surface area contributed by atoms with Crippen molar-refractivity contribution in [2.75, 3.05) is 12.8 Å². The lowest BCUT2D eigenvalue weighted by Crippen LogP contribution is -2.32. The number of pyridine rings is 1. The number of primary amides is 1. The van der Waals surface area contributed by atoms with E-state index in [0.29, 0.717) is 30.6 Å². The molecule has 1 atom stereocenters. The molecule has 3 aromatic rings. The van der Waals surface area contributed by atoms with E-state index in [-0.39, 0.29) is 11.5 Å². The van der Waals surface area contributed by atoms with Crippen molar-refractivity contribution >= 4 is 17.1 Å². The quantitative estimate of drug-likeness (QED) is 0.639. The number of halogens is 1. The van der Waals surface area contributed by atoms with Gasteiger partial charge in [0.2, 0.25) is 0 Å². The van der Waals surface area contributed by atoms with Crippen molar-refractivity contribution in [3.63, 3.8) is 0 Å². The van der Waals surface area contributed by atoms with Crippen LogP contribution in [-0.4, -0.2) is 33.1 Å². The summed E-state index contributed by atoms with van der Waals surface area (Å²) in [4.78, 5) is 19.3. The molecule has 1 aromatic heterocycles. The standard InChI is InChI=1S/C23H22FN3O2S/c1-30(29)16-6-4-5-15(11-16)13-27-10-9-18-19(17-7-2-3-8-20(17)24)12-21(23(25)28)26-22(18)14-27/h2-8,11-12H,9-10,13-14H2,1H3,(H2,25,28). The summed E-state index contributed by atoms with van der Waals surface area (Å²) in [6.45, 7) is 1.96. The van der Waals surface area contributed by atoms with Gasteiger partial charge in [-0.25, -0.2) is 9.37 Å². The molecular weight excluding hydrogens is 401 g/mol. The zero-order valence-electron chi connectivity index (χ0n) is 16.6. The monoisotopic (exact) mass is 423 g/mol. The van der Waals surface area contributed by atoms with Crippen molar-refractivity contribution in [2.24, 2.45) is 5.73 Å². The van der Waals surface area contributed by atoms with Crippen LogP contribution < -0.4 is 5.73 Å². The van der Waals surface area contributed by atoms with Gasteiger partial charge in [0.05, 0.1) is 5.69 Å². The number of amides is 1. The van der Waals surface area contributed by atoms with Crippen molar-refractivity contribution in [2.45, 2.75) is 24.4 Å². The highest BCUT2D eigenvalue weighted by atomic mass is 32.2. The molecule has 154 valence electrons. The lowest BCUT2D eigenvalue weighted by molar-refractivity contribution is 0.0995. The van der Waals surface area contributed by atoms with E-state index in [4.69, 9.17) is 5.73 Å². The molecule has 0 spiro atoms. The van der Waals surface area contributed by atoms with Gasteiger partial charge in [-0.1, -0.05) is 30.3 Å². The van der Waals surface area contributed by atoms with Gasteiger partial charge in [-0.2, -0.15) is 0 Å². The molecule has 4 rings (SSSR count). The fourth-order valence-electron chi connectivity index (χ4n) is 3.86. The largest absolute Gasteiger partial charge is 0.612 e. The summed E-state index contributed by atoms with van der Waals surface area (Å²) >= 11 is -1.03. The lowest BCUT2D eigenvalue weighted by atomic mass is 9.92. The first kappa shape index (κ1) is 20.5. The first-order valence-electron chi connectivity index (χ1n) is 9.64. The van der Waals surface area contributed by atoms with E-state index in [1.54, 1.807) is 30.5 Å². The molecule has 1 aliphatic heterocycles. The van der Waals surface area contributed by atoms with Gasteiger partial charge in [-0.3, -0.25) is 9.69 Å². The summed E-state index contributed by atoms with van der Waals surface area (Å²) in [5.41, 5.74) is 9.51. The zero-order chi connectivity index (χ0) is 21.3. The highest BCUT2D eigenvalue weighted by Gasteiger charge is 2.24. The smallest absolute Gasteiger partial charge is 0.267 e. The van der Waals surface area contributed by atoms with Crippen LogP contribution in [0.25, 0.3) is 11.1 Å². The highest BCUT2D eigenvalue weighted by molar-refractivity contribution is 7.90. The molecule has 0 radical (unpaired) electrons. The maximum Gasteiger partial charge on any atom is 0.267 e. The van der Waals surface area contributed by atoms with E-state index in [9.17, 15) is 13.7 Å². The molecule has 2 N–H and O–H groups in total. The van der Waals surface area contributed by atoms with Crippen LogP contribution in [0.3, 0.4) is 0 Å². The Balaban J connectivity index is 1.67. The Morgan fingerprint density at radius 3 is 2.73 bits per heavy atom. The zero-order valence-corrected chi connectivity index (χ0v) is 17.4. The number of fused-ring (bicyclic) bond motifs is 1. The summed E-state index contributed by atoms with van der Waals surface area (Å²) in [5, 5.41) is 0. The van der Waals surface area contributed by atoms with Crippen molar-refractivity contribution < 1.29 is 13.7 Å². The lowest BCUT2D eigenvalue weighted by Gasteiger charge is -2.30. The van der Waals surface area contributed by atoms with E-state index in [2.05, 4.69) is 9.88 Å². The van der Waals surface area contributed by atoms with Crippen LogP contribution in [0.5, 0.6) is 0 Å². The normalized spacial score (nSPS) is 14.9. The predicted molar refractivity (Wildman–Crippen MR) is 115 cm³/mol. The fraction of sp³-hybridized carbons (Fsp3) is 0.217. The number of hydrogen-bond acceptors (Lipinski definition) is 4. The van der Waals surface area contributed by atoms with Gasteiger partial charge in [0.15, 0.2) is 4.90 Å². The molecule has 0 saturated heterocycles. The maximum absolute atomic E-state index is 14.5. The van der Waals surface area contributed by atoms with Crippen molar-refractivity contribution in [1.29, 1.82) is 0 Å². The van der Waals surface area contributed by atoms with Gasteiger partial charge < -0.3 is 10.3 Å². The summed E-state index contributed by atoms with van der Waals surface area (Å²) in [5.74, 6) is -0.973. The van der Waals surface area contributed by atoms with Crippen molar-refractivity contribution in [3.05, 3.63) is 82.9 Å². The van der Waals surface area contributed by atoms with E-state index in [1.165, 1.54) is 6.07 Å². The molecule has 0 saturated carbocycles. The summed E-state index contributed by atoms with van der Waals surface area (Å²) in [6, 6.07) is 15.8. The number of nitrogens with two attached hydrogens (primary N) is 1. The number of rotatable bonds is 5. The van der Waals surface area contributed by atoms with Crippen LogP contribution in [-0.2, 0) is 30.7 Å². The number of carbonyl (C=O) groups is 1. The first-order valence-corrected chi connectivity index (χ1v) is 11.2. The van der Waals surface area contributed by atoms with Gasteiger partial charge in [-0.05, 0) is 58.6 Å². The van der Waals surface area contributed by atoms with Gasteiger partial charge >= 0.3 is 0 Å². The van der Waals surface area contributed by atoms with E-state index in [1.807, 2.05) is 24.3 Å². The van der Waals surface area contributed by atoms with E-state index < -0.39 is 17.1 Å². The minimum absolute atomic E-state index is 0.136. The predicted octanol–water partition coefficient (Wildman–Crippen LogP) is 3.28. The number of hydrogen-bond donors (Lipinski definition) is 1. The number of aromatic nitrogens is 1. The van der Waals surface area contributed by atoms with Crippen molar-refractivity contribution in [3.8, 4) is 11.1 Å². The number of carbonyl (C=O) groups excluding carboxylic acids is 1. The Kier molecular flexibility index (Phi) is 5.85. The second kappa shape index (κ2) is 8.55. The number of benzene rings is 2. The Labute approximate surface area is 177 Å². The fourth-order valence-corrected chi connectivity index (χ4v) is 4.44. The van der Waals surface area contributed by atoms with Crippen LogP contribution in [0, 0.1) is 5.82 Å².